The van der Waals surface area contributed by atoms with Crippen LogP contribution in [0.25, 0.3) is 5.57 Å². The molecule has 0 aromatic heterocycles. The van der Waals surface area contributed by atoms with Gasteiger partial charge in [0.1, 0.15) is 0 Å². The second-order valence-corrected chi connectivity index (χ2v) is 4.25. The Balaban J connectivity index is 2.49. The molecule has 0 heterocycles. The van der Waals surface area contributed by atoms with E-state index in [0.717, 1.165) is 26.1 Å². The lowest BCUT2D eigenvalue weighted by atomic mass is 10.0. The van der Waals surface area contributed by atoms with Crippen molar-refractivity contribution in [1.82, 2.24) is 4.90 Å². The van der Waals surface area contributed by atoms with Gasteiger partial charge in [0.15, 0.2) is 0 Å². The molecule has 0 atom stereocenters. The summed E-state index contributed by atoms with van der Waals surface area (Å²) in [5.41, 5.74) is 3.82. The first-order valence-electron chi connectivity index (χ1n) is 6.14. The van der Waals surface area contributed by atoms with Gasteiger partial charge in [0.25, 0.3) is 0 Å². The Hall–Kier alpha value is -1.08. The van der Waals surface area contributed by atoms with Gasteiger partial charge in [-0.2, -0.15) is 0 Å². The second kappa shape index (κ2) is 6.49. The molecule has 0 radical (unpaired) electrons. The molecule has 1 rings (SSSR count). The molecular weight excluding hydrogens is 194 g/mol. The highest BCUT2D eigenvalue weighted by molar-refractivity contribution is 5.63. The van der Waals surface area contributed by atoms with Gasteiger partial charge < -0.3 is 4.90 Å². The van der Waals surface area contributed by atoms with Crippen molar-refractivity contribution in [3.05, 3.63) is 42.0 Å². The predicted octanol–water partition coefficient (Wildman–Crippen LogP) is 3.74. The van der Waals surface area contributed by atoms with Gasteiger partial charge in [0.2, 0.25) is 0 Å². The van der Waals surface area contributed by atoms with Gasteiger partial charge in [-0.25, -0.2) is 0 Å². The van der Waals surface area contributed by atoms with E-state index in [0.29, 0.717) is 0 Å². The van der Waals surface area contributed by atoms with Gasteiger partial charge >= 0.3 is 0 Å². The van der Waals surface area contributed by atoms with Gasteiger partial charge in [-0.1, -0.05) is 50.3 Å². The zero-order valence-corrected chi connectivity index (χ0v) is 10.8. The number of benzene rings is 1. The molecule has 0 N–H and O–H groups in total. The minimum absolute atomic E-state index is 1.06. The van der Waals surface area contributed by atoms with Crippen molar-refractivity contribution < 1.29 is 0 Å². The lowest BCUT2D eigenvalue weighted by Crippen LogP contribution is -2.24. The molecule has 0 spiro atoms. The van der Waals surface area contributed by atoms with Crippen molar-refractivity contribution in [3.63, 3.8) is 0 Å². The summed E-state index contributed by atoms with van der Waals surface area (Å²) in [6, 6.07) is 8.63. The Morgan fingerprint density at radius 3 is 2.19 bits per heavy atom. The summed E-state index contributed by atoms with van der Waals surface area (Å²) >= 11 is 0. The summed E-state index contributed by atoms with van der Waals surface area (Å²) in [4.78, 5) is 2.43. The minimum atomic E-state index is 1.06. The van der Waals surface area contributed by atoms with E-state index in [4.69, 9.17) is 0 Å². The highest BCUT2D eigenvalue weighted by Crippen LogP contribution is 2.16. The largest absolute Gasteiger partial charge is 0.304 e. The SMILES string of the molecule is C=C(CCN(CC)CC)c1ccc(C)cc1. The van der Waals surface area contributed by atoms with Crippen LogP contribution in [0.4, 0.5) is 0 Å². The zero-order valence-electron chi connectivity index (χ0n) is 10.8. The van der Waals surface area contributed by atoms with Crippen LogP contribution in [0, 0.1) is 6.92 Å². The first-order valence-corrected chi connectivity index (χ1v) is 6.14. The van der Waals surface area contributed by atoms with Gasteiger partial charge in [-0.15, -0.1) is 0 Å². The zero-order chi connectivity index (χ0) is 12.0. The topological polar surface area (TPSA) is 3.24 Å². The fraction of sp³-hybridized carbons (Fsp3) is 0.467. The van der Waals surface area contributed by atoms with Crippen LogP contribution in [0.5, 0.6) is 0 Å². The fourth-order valence-electron chi connectivity index (χ4n) is 1.77. The first kappa shape index (κ1) is 13.0. The normalized spacial score (nSPS) is 10.8. The number of nitrogens with zero attached hydrogens (tertiary/aromatic N) is 1. The average Bonchev–Trinajstić information content (AvgIpc) is 2.31. The van der Waals surface area contributed by atoms with E-state index in [-0.39, 0.29) is 0 Å². The highest BCUT2D eigenvalue weighted by atomic mass is 15.1. The molecule has 0 fully saturated rings. The Morgan fingerprint density at radius 2 is 1.69 bits per heavy atom. The molecule has 0 bridgehead atoms. The van der Waals surface area contributed by atoms with E-state index < -0.39 is 0 Å². The molecule has 16 heavy (non-hydrogen) atoms. The summed E-state index contributed by atoms with van der Waals surface area (Å²) in [7, 11) is 0. The smallest absolute Gasteiger partial charge is 0.00216 e. The summed E-state index contributed by atoms with van der Waals surface area (Å²) in [5, 5.41) is 0. The maximum absolute atomic E-state index is 4.17. The Labute approximate surface area is 99.8 Å². The van der Waals surface area contributed by atoms with Gasteiger partial charge in [0.05, 0.1) is 0 Å². The number of aryl methyl sites for hydroxylation is 1. The van der Waals surface area contributed by atoms with E-state index in [1.165, 1.54) is 16.7 Å². The summed E-state index contributed by atoms with van der Waals surface area (Å²) in [5.74, 6) is 0. The first-order chi connectivity index (χ1) is 7.67. The Morgan fingerprint density at radius 1 is 1.12 bits per heavy atom. The van der Waals surface area contributed by atoms with Crippen molar-refractivity contribution in [1.29, 1.82) is 0 Å². The number of hydrogen-bond acceptors (Lipinski definition) is 1. The van der Waals surface area contributed by atoms with Crippen molar-refractivity contribution in [2.75, 3.05) is 19.6 Å². The third-order valence-corrected chi connectivity index (χ3v) is 3.08. The maximum Gasteiger partial charge on any atom is 0.00216 e. The van der Waals surface area contributed by atoms with E-state index in [1.54, 1.807) is 0 Å². The molecule has 88 valence electrons. The summed E-state index contributed by atoms with van der Waals surface area (Å²) in [6.45, 7) is 14.1. The van der Waals surface area contributed by atoms with Gasteiger partial charge in [-0.05, 0) is 37.6 Å². The molecule has 0 unspecified atom stereocenters. The van der Waals surface area contributed by atoms with Crippen LogP contribution in [-0.2, 0) is 0 Å². The summed E-state index contributed by atoms with van der Waals surface area (Å²) in [6.07, 6.45) is 1.06. The molecule has 0 aliphatic heterocycles. The standard InChI is InChI=1S/C15H23N/c1-5-16(6-2)12-11-14(4)15-9-7-13(3)8-10-15/h7-10H,4-6,11-12H2,1-3H3. The third-order valence-electron chi connectivity index (χ3n) is 3.08. The summed E-state index contributed by atoms with van der Waals surface area (Å²) < 4.78 is 0. The maximum atomic E-state index is 4.17. The van der Waals surface area contributed by atoms with Crippen LogP contribution in [0.1, 0.15) is 31.4 Å². The fourth-order valence-corrected chi connectivity index (χ4v) is 1.77. The Kier molecular flexibility index (Phi) is 5.27. The highest BCUT2D eigenvalue weighted by Gasteiger charge is 2.02. The third kappa shape index (κ3) is 3.82. The van der Waals surface area contributed by atoms with Crippen LogP contribution < -0.4 is 0 Å². The van der Waals surface area contributed by atoms with Crippen molar-refractivity contribution in [2.45, 2.75) is 27.2 Å². The van der Waals surface area contributed by atoms with E-state index >= 15 is 0 Å². The van der Waals surface area contributed by atoms with E-state index in [2.05, 4.69) is 56.5 Å². The molecule has 1 aromatic rings. The van der Waals surface area contributed by atoms with Crippen LogP contribution >= 0.6 is 0 Å². The van der Waals surface area contributed by atoms with Crippen molar-refractivity contribution >= 4 is 5.57 Å². The predicted molar refractivity (Wildman–Crippen MR) is 72.6 cm³/mol. The molecule has 1 heteroatoms. The monoisotopic (exact) mass is 217 g/mol. The average molecular weight is 217 g/mol. The minimum Gasteiger partial charge on any atom is -0.304 e. The van der Waals surface area contributed by atoms with Gasteiger partial charge in [0, 0.05) is 6.54 Å². The molecule has 1 aromatic carbocycles. The molecule has 0 amide bonds. The lowest BCUT2D eigenvalue weighted by Gasteiger charge is -2.18. The van der Waals surface area contributed by atoms with E-state index in [1.807, 2.05) is 0 Å². The molecule has 0 saturated carbocycles. The van der Waals surface area contributed by atoms with Crippen LogP contribution in [-0.4, -0.2) is 24.5 Å². The van der Waals surface area contributed by atoms with Crippen molar-refractivity contribution in [3.8, 4) is 0 Å². The quantitative estimate of drug-likeness (QED) is 0.701. The molecule has 0 saturated heterocycles. The molecule has 0 aliphatic rings. The Bertz CT molecular complexity index is 320. The lowest BCUT2D eigenvalue weighted by molar-refractivity contribution is 0.312. The van der Waals surface area contributed by atoms with Crippen molar-refractivity contribution in [2.24, 2.45) is 0 Å². The molecule has 0 aliphatic carbocycles. The van der Waals surface area contributed by atoms with Gasteiger partial charge in [-0.3, -0.25) is 0 Å². The molecule has 1 nitrogen and oxygen atoms in total. The van der Waals surface area contributed by atoms with Crippen LogP contribution in [0.2, 0.25) is 0 Å². The van der Waals surface area contributed by atoms with E-state index in [9.17, 15) is 0 Å². The second-order valence-electron chi connectivity index (χ2n) is 4.25. The van der Waals surface area contributed by atoms with Crippen LogP contribution in [0.3, 0.4) is 0 Å². The number of rotatable bonds is 6. The number of hydrogen-bond donors (Lipinski definition) is 0. The van der Waals surface area contributed by atoms with Crippen LogP contribution in [0.15, 0.2) is 30.8 Å². The molecular formula is C15H23N.